The van der Waals surface area contributed by atoms with Crippen LogP contribution >= 0.6 is 0 Å². The van der Waals surface area contributed by atoms with E-state index in [4.69, 9.17) is 4.74 Å². The molecule has 28 heavy (non-hydrogen) atoms. The average molecular weight is 409 g/mol. The van der Waals surface area contributed by atoms with E-state index in [0.29, 0.717) is 37.4 Å². The first-order chi connectivity index (χ1) is 13.5. The molecule has 1 heterocycles. The number of allylic oxidation sites excluding steroid dienone is 3. The van der Waals surface area contributed by atoms with Crippen molar-refractivity contribution in [3.63, 3.8) is 0 Å². The van der Waals surface area contributed by atoms with Crippen LogP contribution in [-0.4, -0.2) is 46.7 Å². The van der Waals surface area contributed by atoms with Crippen LogP contribution in [0.5, 0.6) is 0 Å². The van der Waals surface area contributed by atoms with Crippen molar-refractivity contribution < 1.29 is 18.1 Å². The van der Waals surface area contributed by atoms with Crippen LogP contribution in [0.1, 0.15) is 33.6 Å². The molecule has 0 saturated carbocycles. The first kappa shape index (κ1) is 22.1. The molecule has 0 radical (unpaired) electrons. The maximum Gasteiger partial charge on any atom is 0.410 e. The molecule has 1 saturated heterocycles. The molecule has 1 amide bonds. The van der Waals surface area contributed by atoms with E-state index in [-0.39, 0.29) is 24.6 Å². The zero-order valence-electron chi connectivity index (χ0n) is 16.8. The Balaban J connectivity index is 1.96. The second-order valence-corrected chi connectivity index (χ2v) is 8.34. The third-order valence-electron chi connectivity index (χ3n) is 4.58. The van der Waals surface area contributed by atoms with Crippen LogP contribution in [0.3, 0.4) is 0 Å². The van der Waals surface area contributed by atoms with E-state index in [2.05, 4.69) is 0 Å². The van der Waals surface area contributed by atoms with Crippen molar-refractivity contribution in [2.45, 2.75) is 39.7 Å². The van der Waals surface area contributed by atoms with Gasteiger partial charge < -0.3 is 9.64 Å². The molecule has 0 aliphatic carbocycles. The number of rotatable bonds is 7. The van der Waals surface area contributed by atoms with Gasteiger partial charge in [0.15, 0.2) is 0 Å². The Bertz CT molecular complexity index is 743. The number of piperidine rings is 1. The van der Waals surface area contributed by atoms with Gasteiger partial charge in [-0.25, -0.2) is 13.4 Å². The molecule has 0 bridgehead atoms. The molecule has 2 rings (SSSR count). The van der Waals surface area contributed by atoms with Gasteiger partial charge in [0.05, 0.1) is 5.69 Å². The van der Waals surface area contributed by atoms with Gasteiger partial charge in [-0.2, -0.15) is 0 Å². The molecular weight excluding hydrogens is 379 g/mol. The second kappa shape index (κ2) is 11.0. The summed E-state index contributed by atoms with van der Waals surface area (Å²) in [6, 6.07) is 6.18. The number of carbonyl (C=O) groups excluding carboxylic acids is 1. The lowest BCUT2D eigenvalue weighted by molar-refractivity contribution is 0.100. The van der Waals surface area contributed by atoms with Crippen molar-refractivity contribution in [3.05, 3.63) is 53.9 Å². The molecule has 1 aromatic carbocycles. The first-order valence-electron chi connectivity index (χ1n) is 9.59. The summed E-state index contributed by atoms with van der Waals surface area (Å²) in [6.07, 6.45) is 6.72. The van der Waals surface area contributed by atoms with Crippen molar-refractivity contribution >= 4 is 22.8 Å². The maximum atomic E-state index is 13.7. The van der Waals surface area contributed by atoms with E-state index in [1.54, 1.807) is 21.3 Å². The minimum atomic E-state index is -1.24. The van der Waals surface area contributed by atoms with Crippen molar-refractivity contribution in [2.24, 2.45) is 0 Å². The predicted molar refractivity (Wildman–Crippen MR) is 112 cm³/mol. The van der Waals surface area contributed by atoms with Crippen LogP contribution in [-0.2, 0) is 15.7 Å². The summed E-state index contributed by atoms with van der Waals surface area (Å²) in [6.45, 7) is 6.99. The lowest BCUT2D eigenvalue weighted by Crippen LogP contribution is -2.48. The number of benzene rings is 1. The topological polar surface area (TPSA) is 49.9 Å². The highest BCUT2D eigenvalue weighted by atomic mass is 32.2. The lowest BCUT2D eigenvalue weighted by atomic mass is 10.0. The smallest absolute Gasteiger partial charge is 0.410 e. The molecule has 1 atom stereocenters. The summed E-state index contributed by atoms with van der Waals surface area (Å²) < 4.78 is 33.4. The Hall–Kier alpha value is -2.15. The summed E-state index contributed by atoms with van der Waals surface area (Å²) in [4.78, 5) is 14.0. The van der Waals surface area contributed by atoms with Gasteiger partial charge in [-0.3, -0.25) is 4.31 Å². The second-order valence-electron chi connectivity index (χ2n) is 6.73. The Morgan fingerprint density at radius 2 is 2.11 bits per heavy atom. The van der Waals surface area contributed by atoms with Crippen molar-refractivity contribution in [3.8, 4) is 0 Å². The third-order valence-corrected chi connectivity index (χ3v) is 6.02. The number of hydrogen-bond donors (Lipinski definition) is 0. The highest BCUT2D eigenvalue weighted by molar-refractivity contribution is 7.86. The van der Waals surface area contributed by atoms with E-state index in [1.807, 2.05) is 39.0 Å². The number of amides is 1. The minimum absolute atomic E-state index is 0.0112. The Kier molecular flexibility index (Phi) is 8.70. The van der Waals surface area contributed by atoms with Crippen molar-refractivity contribution in [1.29, 1.82) is 0 Å². The molecule has 154 valence electrons. The highest BCUT2D eigenvalue weighted by Crippen LogP contribution is 2.26. The van der Waals surface area contributed by atoms with Crippen LogP contribution in [0.2, 0.25) is 0 Å². The number of likely N-dealkylation sites (tertiary alicyclic amines) is 1. The number of hydrogen-bond acceptors (Lipinski definition) is 3. The molecule has 0 spiro atoms. The van der Waals surface area contributed by atoms with Crippen LogP contribution in [0, 0.1) is 5.82 Å². The van der Waals surface area contributed by atoms with Gasteiger partial charge >= 0.3 is 6.09 Å². The zero-order valence-corrected chi connectivity index (χ0v) is 17.6. The summed E-state index contributed by atoms with van der Waals surface area (Å²) >= 11 is 0. The monoisotopic (exact) mass is 408 g/mol. The Morgan fingerprint density at radius 3 is 2.71 bits per heavy atom. The van der Waals surface area contributed by atoms with Gasteiger partial charge in [-0.15, -0.1) is 0 Å². The van der Waals surface area contributed by atoms with E-state index in [9.17, 15) is 13.4 Å². The number of ether oxygens (including phenoxy) is 1. The number of carbonyl (C=O) groups is 1. The molecule has 5 nitrogen and oxygen atoms in total. The van der Waals surface area contributed by atoms with Gasteiger partial charge in [0.2, 0.25) is 0 Å². The van der Waals surface area contributed by atoms with E-state index in [0.717, 1.165) is 5.57 Å². The predicted octanol–water partition coefficient (Wildman–Crippen LogP) is 4.44. The number of anilines is 1. The Labute approximate surface area is 169 Å². The fourth-order valence-corrected chi connectivity index (χ4v) is 4.28. The summed E-state index contributed by atoms with van der Waals surface area (Å²) in [5.41, 5.74) is 1.59. The third kappa shape index (κ3) is 6.19. The van der Waals surface area contributed by atoms with Crippen LogP contribution < -0.4 is 4.31 Å². The largest absolute Gasteiger partial charge is 0.445 e. The van der Waals surface area contributed by atoms with Crippen LogP contribution in [0.25, 0.3) is 0 Å². The standard InChI is InChI=1S/C21H29FN2O3S/c1-4-6-8-17(3)16-27-21(25)23-13-11-19(12-14-23)24(28(26)5-2)20-10-7-9-18(22)15-20/h4,6-10,15,19H,5,11-14,16H2,1-3H3/b6-4-,17-8+. The highest BCUT2D eigenvalue weighted by Gasteiger charge is 2.30. The fourth-order valence-electron chi connectivity index (χ4n) is 3.11. The summed E-state index contributed by atoms with van der Waals surface area (Å²) in [5.74, 6) is 0.106. The van der Waals surface area contributed by atoms with Crippen LogP contribution in [0.4, 0.5) is 14.9 Å². The SMILES string of the molecule is C/C=C\C=C(/C)COC(=O)N1CCC(N(c2cccc(F)c2)S(=O)CC)CC1. The molecule has 0 aromatic heterocycles. The van der Waals surface area contributed by atoms with E-state index in [1.165, 1.54) is 12.1 Å². The summed E-state index contributed by atoms with van der Waals surface area (Å²) in [7, 11) is -1.24. The van der Waals surface area contributed by atoms with Crippen molar-refractivity contribution in [2.75, 3.05) is 29.8 Å². The van der Waals surface area contributed by atoms with Crippen LogP contribution in [0.15, 0.2) is 48.1 Å². The van der Waals surface area contributed by atoms with E-state index < -0.39 is 11.0 Å². The van der Waals surface area contributed by atoms with Gasteiger partial charge in [0, 0.05) is 24.9 Å². The quantitative estimate of drug-likeness (QED) is 0.627. The number of halogens is 1. The molecule has 1 aromatic rings. The molecule has 0 N–H and O–H groups in total. The molecule has 7 heteroatoms. The van der Waals surface area contributed by atoms with Gasteiger partial charge in [0.1, 0.15) is 23.4 Å². The zero-order chi connectivity index (χ0) is 20.5. The van der Waals surface area contributed by atoms with Crippen molar-refractivity contribution in [1.82, 2.24) is 4.90 Å². The molecular formula is C21H29FN2O3S. The summed E-state index contributed by atoms with van der Waals surface area (Å²) in [5, 5.41) is 0. The number of nitrogens with zero attached hydrogens (tertiary/aromatic N) is 2. The fraction of sp³-hybridized carbons (Fsp3) is 0.476. The Morgan fingerprint density at radius 1 is 1.39 bits per heavy atom. The minimum Gasteiger partial charge on any atom is -0.445 e. The normalized spacial score (nSPS) is 17.0. The maximum absolute atomic E-state index is 13.7. The van der Waals surface area contributed by atoms with E-state index >= 15 is 0 Å². The molecule has 1 fully saturated rings. The van der Waals surface area contributed by atoms with Gasteiger partial charge in [0.25, 0.3) is 0 Å². The van der Waals surface area contributed by atoms with Gasteiger partial charge in [-0.05, 0) is 50.5 Å². The molecule has 1 aliphatic heterocycles. The molecule has 1 unspecified atom stereocenters. The van der Waals surface area contributed by atoms with Gasteiger partial charge in [-0.1, -0.05) is 31.2 Å². The lowest BCUT2D eigenvalue weighted by Gasteiger charge is -2.38. The molecule has 1 aliphatic rings. The first-order valence-corrected chi connectivity index (χ1v) is 10.9. The average Bonchev–Trinajstić information content (AvgIpc) is 2.71.